The van der Waals surface area contributed by atoms with Crippen LogP contribution in [0.3, 0.4) is 0 Å². The molecule has 0 atom stereocenters. The summed E-state index contributed by atoms with van der Waals surface area (Å²) in [7, 11) is -4.36. The number of aryl methyl sites for hydroxylation is 1. The topological polar surface area (TPSA) is 71.4 Å². The molecule has 2 aromatic rings. The van der Waals surface area contributed by atoms with Crippen molar-refractivity contribution in [2.24, 2.45) is 0 Å². The molecule has 4 nitrogen and oxygen atoms in total. The van der Waals surface area contributed by atoms with Gasteiger partial charge in [-0.25, -0.2) is 0 Å². The van der Waals surface area contributed by atoms with Gasteiger partial charge in [0.25, 0.3) is 10.1 Å². The second-order valence-corrected chi connectivity index (χ2v) is 18.0. The largest absolute Gasteiger partial charge is 0.307 e. The standard InChI is InChI=1S/C49H86O3S.CH2O/c1-4-7-10-13-16-19-22-25-28-31-34-39-44-45(40-35-32-29-26-23-20-17-14-11-8-5-2)47(42-36-33-30-27-24-21-18-15-12-9-6-3)49(53(50,51)52)48-43-38-37-41-46(44)48;1-2/h37-38,41,43H,4-36,39-40,42H2,1-3H3,(H,50,51,52);1H2. The quantitative estimate of drug-likeness (QED) is 0.0547. The molecule has 0 radical (unpaired) electrons. The maximum Gasteiger partial charge on any atom is 0.295 e. The number of hydrogen-bond donors (Lipinski definition) is 1. The van der Waals surface area contributed by atoms with E-state index < -0.39 is 10.1 Å². The molecule has 0 aromatic heterocycles. The summed E-state index contributed by atoms with van der Waals surface area (Å²) in [5, 5.41) is 1.78. The summed E-state index contributed by atoms with van der Waals surface area (Å²) in [5.41, 5.74) is 3.56. The van der Waals surface area contributed by atoms with Crippen molar-refractivity contribution in [3.05, 3.63) is 41.0 Å². The highest BCUT2D eigenvalue weighted by molar-refractivity contribution is 7.86. The van der Waals surface area contributed by atoms with Crippen LogP contribution in [0.4, 0.5) is 0 Å². The molecule has 0 bridgehead atoms. The summed E-state index contributed by atoms with van der Waals surface area (Å²) < 4.78 is 37.2. The molecule has 318 valence electrons. The normalized spacial score (nSPS) is 11.6. The highest BCUT2D eigenvalue weighted by Gasteiger charge is 2.25. The molecule has 0 unspecified atom stereocenters. The van der Waals surface area contributed by atoms with Crippen LogP contribution in [0.25, 0.3) is 10.8 Å². The molecule has 2 aromatic carbocycles. The van der Waals surface area contributed by atoms with Crippen molar-refractivity contribution in [3.63, 3.8) is 0 Å². The highest BCUT2D eigenvalue weighted by Crippen LogP contribution is 2.37. The Kier molecular flexibility index (Phi) is 33.1. The molecule has 0 spiro atoms. The summed E-state index contributed by atoms with van der Waals surface area (Å²) in [4.78, 5) is 8.21. The van der Waals surface area contributed by atoms with E-state index in [1.165, 1.54) is 197 Å². The molecule has 0 aliphatic carbocycles. The lowest BCUT2D eigenvalue weighted by Gasteiger charge is -2.22. The van der Waals surface area contributed by atoms with Crippen LogP contribution in [-0.4, -0.2) is 19.8 Å². The minimum atomic E-state index is -4.36. The fourth-order valence-corrected chi connectivity index (χ4v) is 9.63. The Balaban J connectivity index is 0.00000743. The predicted octanol–water partition coefficient (Wildman–Crippen LogP) is 16.5. The zero-order chi connectivity index (χ0) is 40.2. The Morgan fingerprint density at radius 3 is 0.945 bits per heavy atom. The summed E-state index contributed by atoms with van der Waals surface area (Å²) in [6, 6.07) is 8.06. The van der Waals surface area contributed by atoms with Crippen molar-refractivity contribution in [1.29, 1.82) is 0 Å². The van der Waals surface area contributed by atoms with Gasteiger partial charge in [0.2, 0.25) is 0 Å². The Hall–Kier alpha value is -1.72. The minimum Gasteiger partial charge on any atom is -0.307 e. The van der Waals surface area contributed by atoms with Crippen molar-refractivity contribution in [1.82, 2.24) is 0 Å². The molecule has 1 N–H and O–H groups in total. The van der Waals surface area contributed by atoms with E-state index in [1.807, 2.05) is 18.9 Å². The third-order valence-corrected chi connectivity index (χ3v) is 12.8. The van der Waals surface area contributed by atoms with E-state index in [1.54, 1.807) is 0 Å². The first kappa shape index (κ1) is 51.3. The van der Waals surface area contributed by atoms with Gasteiger partial charge in [0.05, 0.1) is 0 Å². The fourth-order valence-electron chi connectivity index (χ4n) is 8.63. The highest BCUT2D eigenvalue weighted by atomic mass is 32.2. The van der Waals surface area contributed by atoms with Gasteiger partial charge in [0.15, 0.2) is 0 Å². The van der Waals surface area contributed by atoms with Crippen LogP contribution in [0.2, 0.25) is 0 Å². The lowest BCUT2D eigenvalue weighted by atomic mass is 9.86. The maximum absolute atomic E-state index is 13.2. The molecule has 5 heteroatoms. The molecule has 0 heterocycles. The lowest BCUT2D eigenvalue weighted by molar-refractivity contribution is -0.0980. The summed E-state index contributed by atoms with van der Waals surface area (Å²) in [6.45, 7) is 8.84. The van der Waals surface area contributed by atoms with E-state index >= 15 is 0 Å². The van der Waals surface area contributed by atoms with E-state index in [2.05, 4.69) is 32.9 Å². The van der Waals surface area contributed by atoms with Crippen molar-refractivity contribution in [2.45, 2.75) is 257 Å². The average molecular weight is 785 g/mol. The number of benzene rings is 2. The third kappa shape index (κ3) is 24.0. The van der Waals surface area contributed by atoms with E-state index in [0.29, 0.717) is 0 Å². The monoisotopic (exact) mass is 785 g/mol. The molecule has 0 aliphatic rings. The molecule has 0 amide bonds. The first-order chi connectivity index (χ1) is 27.0. The van der Waals surface area contributed by atoms with Crippen molar-refractivity contribution in [3.8, 4) is 0 Å². The SMILES string of the molecule is C=O.CCCCCCCCCCCCCc1c(CCCCCCCCCCCCC)c(S(=O)(=O)O)c2ccccc2c1CCCCCCCCCCCCC. The number of hydrogen-bond acceptors (Lipinski definition) is 3. The Labute approximate surface area is 342 Å². The number of fused-ring (bicyclic) bond motifs is 1. The van der Waals surface area contributed by atoms with Gasteiger partial charge in [-0.1, -0.05) is 238 Å². The maximum atomic E-state index is 13.2. The number of rotatable bonds is 37. The Morgan fingerprint density at radius 1 is 0.382 bits per heavy atom. The molecular weight excluding hydrogens is 697 g/mol. The average Bonchev–Trinajstić information content (AvgIpc) is 3.18. The van der Waals surface area contributed by atoms with Crippen LogP contribution in [0.5, 0.6) is 0 Å². The fraction of sp³-hybridized carbons (Fsp3) is 0.780. The third-order valence-electron chi connectivity index (χ3n) is 11.8. The number of carbonyl (C=O) groups is 1. The molecule has 0 saturated heterocycles. The molecule has 0 saturated carbocycles. The summed E-state index contributed by atoms with van der Waals surface area (Å²) in [5.74, 6) is 0. The van der Waals surface area contributed by atoms with Crippen molar-refractivity contribution >= 4 is 27.7 Å². The first-order valence-electron chi connectivity index (χ1n) is 23.8. The van der Waals surface area contributed by atoms with Gasteiger partial charge in [-0.2, -0.15) is 8.42 Å². The van der Waals surface area contributed by atoms with Crippen LogP contribution in [-0.2, 0) is 34.2 Å². The van der Waals surface area contributed by atoms with Gasteiger partial charge in [-0.05, 0) is 60.6 Å². The zero-order valence-electron chi connectivity index (χ0n) is 36.6. The van der Waals surface area contributed by atoms with Crippen LogP contribution in [0.1, 0.15) is 249 Å². The lowest BCUT2D eigenvalue weighted by Crippen LogP contribution is -2.12. The van der Waals surface area contributed by atoms with Gasteiger partial charge in [-0.3, -0.25) is 4.55 Å². The van der Waals surface area contributed by atoms with Gasteiger partial charge < -0.3 is 4.79 Å². The van der Waals surface area contributed by atoms with Crippen LogP contribution >= 0.6 is 0 Å². The Morgan fingerprint density at radius 2 is 0.636 bits per heavy atom. The van der Waals surface area contributed by atoms with Gasteiger partial charge in [0, 0.05) is 5.39 Å². The predicted molar refractivity (Wildman–Crippen MR) is 241 cm³/mol. The smallest absolute Gasteiger partial charge is 0.295 e. The van der Waals surface area contributed by atoms with Gasteiger partial charge >= 0.3 is 0 Å². The van der Waals surface area contributed by atoms with E-state index in [-0.39, 0.29) is 4.90 Å². The van der Waals surface area contributed by atoms with Crippen molar-refractivity contribution in [2.75, 3.05) is 0 Å². The summed E-state index contributed by atoms with van der Waals surface area (Å²) >= 11 is 0. The molecule has 0 aliphatic heterocycles. The molecule has 55 heavy (non-hydrogen) atoms. The minimum absolute atomic E-state index is 0.209. The first-order valence-corrected chi connectivity index (χ1v) is 25.2. The van der Waals surface area contributed by atoms with Crippen LogP contribution in [0.15, 0.2) is 29.2 Å². The van der Waals surface area contributed by atoms with Gasteiger partial charge in [0.1, 0.15) is 11.7 Å². The number of unbranched alkanes of at least 4 members (excludes halogenated alkanes) is 30. The second kappa shape index (κ2) is 35.4. The Bertz CT molecular complexity index is 1290. The van der Waals surface area contributed by atoms with Crippen LogP contribution in [0, 0.1) is 0 Å². The van der Waals surface area contributed by atoms with Crippen LogP contribution < -0.4 is 0 Å². The molecular formula is C50H88O4S. The number of carbonyl (C=O) groups excluding carboxylic acids is 1. The zero-order valence-corrected chi connectivity index (χ0v) is 37.4. The second-order valence-electron chi connectivity index (χ2n) is 16.6. The van der Waals surface area contributed by atoms with Crippen molar-refractivity contribution < 1.29 is 17.8 Å². The van der Waals surface area contributed by atoms with E-state index in [9.17, 15) is 13.0 Å². The molecule has 2 rings (SSSR count). The molecule has 0 fully saturated rings. The van der Waals surface area contributed by atoms with Gasteiger partial charge in [-0.15, -0.1) is 0 Å². The van der Waals surface area contributed by atoms with E-state index in [4.69, 9.17) is 4.79 Å². The summed E-state index contributed by atoms with van der Waals surface area (Å²) in [6.07, 6.45) is 45.6. The van der Waals surface area contributed by atoms with E-state index in [0.717, 1.165) is 61.3 Å².